The number of halogens is 3. The van der Waals surface area contributed by atoms with Crippen molar-refractivity contribution in [3.63, 3.8) is 0 Å². The molecule has 0 unspecified atom stereocenters. The average Bonchev–Trinajstić information content (AvgIpc) is 2.60. The molecule has 0 amide bonds. The average molecular weight is 338 g/mol. The Balaban J connectivity index is 2.23. The zero-order chi connectivity index (χ0) is 14.4. The Bertz CT molecular complexity index is 766. The number of hydrogen-bond donors (Lipinski definition) is 0. The van der Waals surface area contributed by atoms with E-state index in [2.05, 4.69) is 15.9 Å². The van der Waals surface area contributed by atoms with Crippen LogP contribution in [-0.4, -0.2) is 16.2 Å². The molecule has 0 atom stereocenters. The van der Waals surface area contributed by atoms with Gasteiger partial charge in [0, 0.05) is 16.6 Å². The van der Waals surface area contributed by atoms with Crippen LogP contribution >= 0.6 is 15.9 Å². The molecule has 100 valence electrons. The van der Waals surface area contributed by atoms with Gasteiger partial charge in [-0.3, -0.25) is 4.79 Å². The van der Waals surface area contributed by atoms with Gasteiger partial charge in [0.15, 0.2) is 0 Å². The number of nitrogens with zero attached hydrogens (tertiary/aromatic N) is 1. The molecule has 1 heterocycles. The van der Waals surface area contributed by atoms with Crippen LogP contribution in [0, 0.1) is 16.8 Å². The molecule has 3 rings (SSSR count). The zero-order valence-electron chi connectivity index (χ0n) is 9.86. The molecule has 20 heavy (non-hydrogen) atoms. The molecule has 0 radical (unpaired) electrons. The van der Waals surface area contributed by atoms with Gasteiger partial charge in [0.05, 0.1) is 5.56 Å². The van der Waals surface area contributed by atoms with Crippen molar-refractivity contribution >= 4 is 33.1 Å². The highest BCUT2D eigenvalue weighted by Gasteiger charge is 2.37. The fraction of sp³-hybridized carbons (Fsp3) is 0. The first-order chi connectivity index (χ1) is 9.47. The summed E-state index contributed by atoms with van der Waals surface area (Å²) in [5.74, 6) is -2.23. The number of rotatable bonds is 1. The van der Waals surface area contributed by atoms with E-state index in [1.807, 2.05) is 0 Å². The quantitative estimate of drug-likeness (QED) is 0.590. The smallest absolute Gasteiger partial charge is 0.273 e. The molecule has 2 aromatic carbocycles. The molecule has 0 saturated carbocycles. The second-order valence-electron chi connectivity index (χ2n) is 4.29. The number of carbonyl (C=O) groups is 1. The molecule has 0 N–H and O–H groups in total. The molecule has 0 aromatic heterocycles. The lowest BCUT2D eigenvalue weighted by molar-refractivity contribution is -0.355. The van der Waals surface area contributed by atoms with E-state index in [4.69, 9.17) is 0 Å². The fourth-order valence-corrected chi connectivity index (χ4v) is 2.49. The van der Waals surface area contributed by atoms with Gasteiger partial charge in [0.25, 0.3) is 11.5 Å². The Kier molecular flexibility index (Phi) is 2.90. The third kappa shape index (κ3) is 1.92. The van der Waals surface area contributed by atoms with Crippen molar-refractivity contribution in [1.82, 2.24) is 0 Å². The summed E-state index contributed by atoms with van der Waals surface area (Å²) in [6, 6.07) is 7.21. The molecule has 0 saturated heterocycles. The van der Waals surface area contributed by atoms with E-state index >= 15 is 0 Å². The summed E-state index contributed by atoms with van der Waals surface area (Å²) >= 11 is 3.21. The molecule has 0 fully saturated rings. The Morgan fingerprint density at radius 1 is 1.05 bits per heavy atom. The van der Waals surface area contributed by atoms with E-state index in [0.717, 1.165) is 12.1 Å². The van der Waals surface area contributed by atoms with E-state index < -0.39 is 17.4 Å². The van der Waals surface area contributed by atoms with Crippen molar-refractivity contribution in [3.05, 3.63) is 68.8 Å². The summed E-state index contributed by atoms with van der Waals surface area (Å²) in [7, 11) is 0. The van der Waals surface area contributed by atoms with Gasteiger partial charge < -0.3 is 5.21 Å². The minimum atomic E-state index is -0.842. The molecule has 6 heteroatoms. The Hall–Kier alpha value is -2.08. The lowest BCUT2D eigenvalue weighted by Crippen LogP contribution is -2.17. The number of hydrogen-bond acceptors (Lipinski definition) is 2. The third-order valence-corrected chi connectivity index (χ3v) is 3.47. The largest absolute Gasteiger partial charge is 0.618 e. The van der Waals surface area contributed by atoms with Crippen molar-refractivity contribution in [2.24, 2.45) is 0 Å². The Morgan fingerprint density at radius 2 is 1.70 bits per heavy atom. The van der Waals surface area contributed by atoms with Gasteiger partial charge in [-0.2, -0.15) is 4.74 Å². The minimum absolute atomic E-state index is 0.0742. The number of carbonyl (C=O) groups excluding carboxylic acids is 1. The van der Waals surface area contributed by atoms with Gasteiger partial charge in [0.2, 0.25) is 5.69 Å². The molecule has 2 aromatic rings. The van der Waals surface area contributed by atoms with Gasteiger partial charge in [-0.1, -0.05) is 15.9 Å². The number of Topliss-reactive ketones (excluding diaryl/α,β-unsaturated/α-hetero) is 1. The second-order valence-corrected chi connectivity index (χ2v) is 5.21. The molecule has 0 bridgehead atoms. The maximum Gasteiger partial charge on any atom is 0.273 e. The second kappa shape index (κ2) is 4.49. The molecular weight excluding hydrogens is 332 g/mol. The standard InChI is InChI=1S/C14H6BrF2NO2/c15-8-1-2-11-12(5-8)18(20)13(14(11)19)7-3-9(16)6-10(17)4-7/h1-6H. The first-order valence-electron chi connectivity index (χ1n) is 5.62. The van der Waals surface area contributed by atoms with Crippen molar-refractivity contribution in [2.75, 3.05) is 0 Å². The summed E-state index contributed by atoms with van der Waals surface area (Å²) in [5, 5.41) is 12.2. The Morgan fingerprint density at radius 3 is 2.35 bits per heavy atom. The lowest BCUT2D eigenvalue weighted by Gasteiger charge is -2.02. The van der Waals surface area contributed by atoms with Crippen LogP contribution in [0.5, 0.6) is 0 Å². The maximum atomic E-state index is 13.2. The normalized spacial score (nSPS) is 13.8. The zero-order valence-corrected chi connectivity index (χ0v) is 11.4. The van der Waals surface area contributed by atoms with Crippen molar-refractivity contribution in [1.29, 1.82) is 0 Å². The van der Waals surface area contributed by atoms with E-state index in [-0.39, 0.29) is 22.5 Å². The van der Waals surface area contributed by atoms with E-state index in [1.165, 1.54) is 12.1 Å². The molecule has 3 nitrogen and oxygen atoms in total. The maximum absolute atomic E-state index is 13.2. The SMILES string of the molecule is O=C1C(c2cc(F)cc(F)c2)=[N+]([O-])c2cc(Br)ccc21. The first kappa shape index (κ1) is 12.9. The van der Waals surface area contributed by atoms with Crippen LogP contribution in [0.2, 0.25) is 0 Å². The van der Waals surface area contributed by atoms with Gasteiger partial charge in [-0.25, -0.2) is 8.78 Å². The van der Waals surface area contributed by atoms with E-state index in [1.54, 1.807) is 6.07 Å². The molecule has 0 spiro atoms. The summed E-state index contributed by atoms with van der Waals surface area (Å²) < 4.78 is 27.5. The topological polar surface area (TPSA) is 43.1 Å². The van der Waals surface area contributed by atoms with Gasteiger partial charge >= 0.3 is 0 Å². The predicted octanol–water partition coefficient (Wildman–Crippen LogP) is 3.55. The van der Waals surface area contributed by atoms with E-state index in [9.17, 15) is 18.8 Å². The molecule has 1 aliphatic heterocycles. The monoisotopic (exact) mass is 337 g/mol. The van der Waals surface area contributed by atoms with Crippen molar-refractivity contribution in [3.8, 4) is 0 Å². The van der Waals surface area contributed by atoms with E-state index in [0.29, 0.717) is 15.3 Å². The number of benzene rings is 2. The lowest BCUT2D eigenvalue weighted by atomic mass is 10.0. The molecule has 0 aliphatic carbocycles. The van der Waals surface area contributed by atoms with Crippen molar-refractivity contribution in [2.45, 2.75) is 0 Å². The third-order valence-electron chi connectivity index (χ3n) is 2.98. The number of ketones is 1. The van der Waals surface area contributed by atoms with Crippen LogP contribution in [-0.2, 0) is 0 Å². The summed E-state index contributed by atoms with van der Waals surface area (Å²) in [6.45, 7) is 0. The van der Waals surface area contributed by atoms with Crippen molar-refractivity contribution < 1.29 is 18.3 Å². The summed E-state index contributed by atoms with van der Waals surface area (Å²) in [5.41, 5.74) is 0.0123. The summed E-state index contributed by atoms with van der Waals surface area (Å²) in [4.78, 5) is 12.2. The van der Waals surface area contributed by atoms with Crippen LogP contribution in [0.1, 0.15) is 15.9 Å². The fourth-order valence-electron chi connectivity index (χ4n) is 2.14. The highest BCUT2D eigenvalue weighted by Crippen LogP contribution is 2.31. The van der Waals surface area contributed by atoms with Gasteiger partial charge in [-0.15, -0.1) is 0 Å². The van der Waals surface area contributed by atoms with Crippen LogP contribution in [0.15, 0.2) is 40.9 Å². The first-order valence-corrected chi connectivity index (χ1v) is 6.41. The predicted molar refractivity (Wildman–Crippen MR) is 72.2 cm³/mol. The molecular formula is C14H6BrF2NO2. The van der Waals surface area contributed by atoms with Crippen LogP contribution in [0.3, 0.4) is 0 Å². The minimum Gasteiger partial charge on any atom is -0.618 e. The number of fused-ring (bicyclic) bond motifs is 1. The van der Waals surface area contributed by atoms with Crippen LogP contribution < -0.4 is 0 Å². The van der Waals surface area contributed by atoms with Gasteiger partial charge in [-0.05, 0) is 24.3 Å². The van der Waals surface area contributed by atoms with Crippen LogP contribution in [0.25, 0.3) is 0 Å². The highest BCUT2D eigenvalue weighted by atomic mass is 79.9. The molecule has 1 aliphatic rings. The highest BCUT2D eigenvalue weighted by molar-refractivity contribution is 9.10. The van der Waals surface area contributed by atoms with Gasteiger partial charge in [0.1, 0.15) is 17.2 Å². The summed E-state index contributed by atoms with van der Waals surface area (Å²) in [6.07, 6.45) is 0. The van der Waals surface area contributed by atoms with Crippen LogP contribution in [0.4, 0.5) is 14.5 Å². The Labute approximate surface area is 120 Å².